The number of piperazine rings is 1. The minimum Gasteiger partial charge on any atom is -0.344 e. The van der Waals surface area contributed by atoms with Crippen molar-refractivity contribution in [2.24, 2.45) is 5.41 Å². The second kappa shape index (κ2) is 7.53. The molecule has 1 aliphatic heterocycles. The Kier molecular flexibility index (Phi) is 5.88. The van der Waals surface area contributed by atoms with Gasteiger partial charge in [-0.1, -0.05) is 50.6 Å². The van der Waals surface area contributed by atoms with Crippen LogP contribution in [-0.4, -0.2) is 42.4 Å². The van der Waals surface area contributed by atoms with Crippen molar-refractivity contribution in [3.63, 3.8) is 0 Å². The highest BCUT2D eigenvalue weighted by Gasteiger charge is 2.33. The van der Waals surface area contributed by atoms with E-state index in [2.05, 4.69) is 10.6 Å². The first-order valence-corrected chi connectivity index (χ1v) is 8.66. The molecule has 2 atom stereocenters. The van der Waals surface area contributed by atoms with E-state index in [4.69, 9.17) is 11.6 Å². The largest absolute Gasteiger partial charge is 0.344 e. The van der Waals surface area contributed by atoms with Crippen molar-refractivity contribution in [2.45, 2.75) is 39.8 Å². The zero-order chi connectivity index (χ0) is 17.9. The average Bonchev–Trinajstić information content (AvgIpc) is 2.53. The molecule has 2 rings (SSSR count). The van der Waals surface area contributed by atoms with Crippen molar-refractivity contribution in [3.05, 3.63) is 34.9 Å². The van der Waals surface area contributed by atoms with Crippen LogP contribution in [0.25, 0.3) is 0 Å². The molecule has 1 saturated heterocycles. The van der Waals surface area contributed by atoms with Gasteiger partial charge in [0.15, 0.2) is 0 Å². The standard InChI is InChI=1S/C18H26ClN3O2/c1-12(21-17(24)18(2,3)4)16(23)22-10-9-20-11-15(22)13-7-5-6-8-14(13)19/h5-8,12,15,20H,9-11H2,1-4H3,(H,21,24). The number of carbonyl (C=O) groups excluding carboxylic acids is 2. The number of nitrogens with zero attached hydrogens (tertiary/aromatic N) is 1. The third kappa shape index (κ3) is 4.28. The summed E-state index contributed by atoms with van der Waals surface area (Å²) in [6.45, 7) is 9.19. The number of hydrogen-bond acceptors (Lipinski definition) is 3. The van der Waals surface area contributed by atoms with Crippen LogP contribution in [0.4, 0.5) is 0 Å². The van der Waals surface area contributed by atoms with Gasteiger partial charge in [0.1, 0.15) is 6.04 Å². The summed E-state index contributed by atoms with van der Waals surface area (Å²) in [7, 11) is 0. The SMILES string of the molecule is CC(NC(=O)C(C)(C)C)C(=O)N1CCNCC1c1ccccc1Cl. The van der Waals surface area contributed by atoms with E-state index in [1.54, 1.807) is 6.92 Å². The summed E-state index contributed by atoms with van der Waals surface area (Å²) < 4.78 is 0. The molecule has 2 unspecified atom stereocenters. The van der Waals surface area contributed by atoms with Crippen LogP contribution in [0.3, 0.4) is 0 Å². The van der Waals surface area contributed by atoms with Crippen molar-refractivity contribution in [1.82, 2.24) is 15.5 Å². The fraction of sp³-hybridized carbons (Fsp3) is 0.556. The molecule has 1 aromatic carbocycles. The van der Waals surface area contributed by atoms with Crippen LogP contribution in [-0.2, 0) is 9.59 Å². The molecule has 0 bridgehead atoms. The lowest BCUT2D eigenvalue weighted by atomic mass is 9.95. The van der Waals surface area contributed by atoms with Gasteiger partial charge in [0.2, 0.25) is 11.8 Å². The maximum absolute atomic E-state index is 12.9. The molecular weight excluding hydrogens is 326 g/mol. The molecule has 6 heteroatoms. The molecule has 0 spiro atoms. The highest BCUT2D eigenvalue weighted by atomic mass is 35.5. The molecule has 132 valence electrons. The number of carbonyl (C=O) groups is 2. The molecule has 1 aliphatic rings. The Morgan fingerprint density at radius 3 is 2.62 bits per heavy atom. The van der Waals surface area contributed by atoms with Gasteiger partial charge in [-0.25, -0.2) is 0 Å². The average molecular weight is 352 g/mol. The minimum atomic E-state index is -0.570. The van der Waals surface area contributed by atoms with Gasteiger partial charge in [-0.3, -0.25) is 9.59 Å². The summed E-state index contributed by atoms with van der Waals surface area (Å²) in [6, 6.07) is 6.87. The fourth-order valence-electron chi connectivity index (χ4n) is 2.71. The molecule has 0 aromatic heterocycles. The van der Waals surface area contributed by atoms with Gasteiger partial charge >= 0.3 is 0 Å². The number of benzene rings is 1. The van der Waals surface area contributed by atoms with Crippen LogP contribution in [0.15, 0.2) is 24.3 Å². The van der Waals surface area contributed by atoms with E-state index in [0.717, 1.165) is 12.1 Å². The Morgan fingerprint density at radius 1 is 1.33 bits per heavy atom. The number of hydrogen-bond donors (Lipinski definition) is 2. The maximum atomic E-state index is 12.9. The third-order valence-electron chi connectivity index (χ3n) is 4.19. The summed E-state index contributed by atoms with van der Waals surface area (Å²) in [5.74, 6) is -0.216. The summed E-state index contributed by atoms with van der Waals surface area (Å²) >= 11 is 6.32. The molecule has 5 nitrogen and oxygen atoms in total. The number of halogens is 1. The first-order valence-electron chi connectivity index (χ1n) is 8.28. The van der Waals surface area contributed by atoms with Gasteiger partial charge < -0.3 is 15.5 Å². The van der Waals surface area contributed by atoms with Crippen molar-refractivity contribution < 1.29 is 9.59 Å². The quantitative estimate of drug-likeness (QED) is 0.878. The van der Waals surface area contributed by atoms with E-state index < -0.39 is 11.5 Å². The van der Waals surface area contributed by atoms with Gasteiger partial charge in [0.05, 0.1) is 6.04 Å². The topological polar surface area (TPSA) is 61.4 Å². The summed E-state index contributed by atoms with van der Waals surface area (Å²) in [4.78, 5) is 26.9. The number of nitrogens with one attached hydrogen (secondary N) is 2. The molecule has 1 fully saturated rings. The molecule has 1 heterocycles. The maximum Gasteiger partial charge on any atom is 0.245 e. The Balaban J connectivity index is 2.16. The molecule has 0 aliphatic carbocycles. The van der Waals surface area contributed by atoms with Crippen LogP contribution in [0.2, 0.25) is 5.02 Å². The summed E-state index contributed by atoms with van der Waals surface area (Å²) in [6.07, 6.45) is 0. The highest BCUT2D eigenvalue weighted by Crippen LogP contribution is 2.29. The molecule has 0 saturated carbocycles. The Morgan fingerprint density at radius 2 is 2.00 bits per heavy atom. The lowest BCUT2D eigenvalue weighted by Crippen LogP contribution is -2.55. The zero-order valence-electron chi connectivity index (χ0n) is 14.7. The van der Waals surface area contributed by atoms with E-state index in [-0.39, 0.29) is 17.9 Å². The molecule has 0 radical (unpaired) electrons. The van der Waals surface area contributed by atoms with Gasteiger partial charge in [0, 0.05) is 30.1 Å². The summed E-state index contributed by atoms with van der Waals surface area (Å²) in [5.41, 5.74) is 0.397. The summed E-state index contributed by atoms with van der Waals surface area (Å²) in [5, 5.41) is 6.78. The second-order valence-corrected chi connectivity index (χ2v) is 7.63. The normalized spacial score (nSPS) is 19.7. The van der Waals surface area contributed by atoms with Crippen molar-refractivity contribution in [1.29, 1.82) is 0 Å². The third-order valence-corrected chi connectivity index (χ3v) is 4.53. The lowest BCUT2D eigenvalue weighted by molar-refractivity contribution is -0.140. The van der Waals surface area contributed by atoms with Crippen LogP contribution < -0.4 is 10.6 Å². The molecular formula is C18H26ClN3O2. The second-order valence-electron chi connectivity index (χ2n) is 7.22. The molecule has 1 aromatic rings. The van der Waals surface area contributed by atoms with Crippen LogP contribution in [0.5, 0.6) is 0 Å². The predicted octanol–water partition coefficient (Wildman–Crippen LogP) is 2.36. The molecule has 2 N–H and O–H groups in total. The van der Waals surface area contributed by atoms with Crippen molar-refractivity contribution in [3.8, 4) is 0 Å². The van der Waals surface area contributed by atoms with E-state index in [0.29, 0.717) is 18.1 Å². The Bertz CT molecular complexity index is 613. The smallest absolute Gasteiger partial charge is 0.245 e. The minimum absolute atomic E-state index is 0.0842. The number of rotatable bonds is 3. The van der Waals surface area contributed by atoms with Crippen LogP contribution in [0, 0.1) is 5.41 Å². The monoisotopic (exact) mass is 351 g/mol. The Hall–Kier alpha value is -1.59. The van der Waals surface area contributed by atoms with Crippen LogP contribution in [0.1, 0.15) is 39.3 Å². The van der Waals surface area contributed by atoms with Gasteiger partial charge in [-0.05, 0) is 18.6 Å². The van der Waals surface area contributed by atoms with E-state index in [9.17, 15) is 9.59 Å². The first-order chi connectivity index (χ1) is 11.2. The van der Waals surface area contributed by atoms with Gasteiger partial charge in [0.25, 0.3) is 0 Å². The number of amides is 2. The predicted molar refractivity (Wildman–Crippen MR) is 95.8 cm³/mol. The van der Waals surface area contributed by atoms with E-state index in [1.165, 1.54) is 0 Å². The van der Waals surface area contributed by atoms with E-state index in [1.807, 2.05) is 49.9 Å². The molecule has 2 amide bonds. The molecule has 24 heavy (non-hydrogen) atoms. The van der Waals surface area contributed by atoms with Gasteiger partial charge in [-0.2, -0.15) is 0 Å². The Labute approximate surface area is 148 Å². The highest BCUT2D eigenvalue weighted by molar-refractivity contribution is 6.31. The van der Waals surface area contributed by atoms with E-state index >= 15 is 0 Å². The zero-order valence-corrected chi connectivity index (χ0v) is 15.5. The van der Waals surface area contributed by atoms with Crippen LogP contribution >= 0.6 is 11.6 Å². The first kappa shape index (κ1) is 18.7. The van der Waals surface area contributed by atoms with Crippen molar-refractivity contribution >= 4 is 23.4 Å². The van der Waals surface area contributed by atoms with Gasteiger partial charge in [-0.15, -0.1) is 0 Å². The van der Waals surface area contributed by atoms with Crippen molar-refractivity contribution in [2.75, 3.05) is 19.6 Å². The lowest BCUT2D eigenvalue weighted by Gasteiger charge is -2.38. The fourth-order valence-corrected chi connectivity index (χ4v) is 2.98.